The molecule has 0 aliphatic heterocycles. The van der Waals surface area contributed by atoms with Gasteiger partial charge in [0.25, 0.3) is 0 Å². The second kappa shape index (κ2) is 7.73. The maximum Gasteiger partial charge on any atom is 0.362 e. The van der Waals surface area contributed by atoms with Gasteiger partial charge < -0.3 is 9.84 Å². The summed E-state index contributed by atoms with van der Waals surface area (Å²) in [7, 11) is 0. The van der Waals surface area contributed by atoms with E-state index in [2.05, 4.69) is 10.2 Å². The summed E-state index contributed by atoms with van der Waals surface area (Å²) in [5.41, 5.74) is 1.22. The minimum Gasteiger partial charge on any atom is -0.510 e. The number of benzene rings is 2. The third kappa shape index (κ3) is 4.56. The lowest BCUT2D eigenvalue weighted by Gasteiger charge is -2.05. The van der Waals surface area contributed by atoms with E-state index in [9.17, 15) is 9.90 Å². The quantitative estimate of drug-likeness (QED) is 0.387. The molecule has 1 N–H and O–H groups in total. The molecule has 2 aromatic rings. The molecule has 0 saturated heterocycles. The highest BCUT2D eigenvalue weighted by Crippen LogP contribution is 2.15. The molecule has 2 rings (SSSR count). The Kier molecular flexibility index (Phi) is 5.43. The molecular formula is C17H16N2O3. The van der Waals surface area contributed by atoms with Gasteiger partial charge in [-0.2, -0.15) is 5.11 Å². The average molecular weight is 296 g/mol. The fraction of sp³-hybridized carbons (Fsp3) is 0.118. The van der Waals surface area contributed by atoms with Crippen molar-refractivity contribution in [3.8, 4) is 0 Å². The topological polar surface area (TPSA) is 71.2 Å². The molecule has 0 aliphatic carbocycles. The Morgan fingerprint density at radius 3 is 2.23 bits per heavy atom. The number of carbonyl (C=O) groups excluding carboxylic acids is 1. The van der Waals surface area contributed by atoms with Gasteiger partial charge in [-0.3, -0.25) is 0 Å². The van der Waals surface area contributed by atoms with Crippen molar-refractivity contribution in [2.45, 2.75) is 13.5 Å². The predicted molar refractivity (Wildman–Crippen MR) is 82.5 cm³/mol. The molecule has 0 fully saturated rings. The first-order chi connectivity index (χ1) is 10.7. The second-order valence-electron chi connectivity index (χ2n) is 4.53. The number of hydrogen-bond donors (Lipinski definition) is 1. The van der Waals surface area contributed by atoms with Crippen LogP contribution in [0.3, 0.4) is 0 Å². The molecule has 0 radical (unpaired) electrons. The summed E-state index contributed by atoms with van der Waals surface area (Å²) in [5.74, 6) is -0.957. The molecule has 0 aliphatic rings. The Hall–Kier alpha value is -2.95. The molecule has 112 valence electrons. The van der Waals surface area contributed by atoms with E-state index in [4.69, 9.17) is 4.74 Å². The van der Waals surface area contributed by atoms with Crippen molar-refractivity contribution in [2.24, 2.45) is 10.2 Å². The summed E-state index contributed by atoms with van der Waals surface area (Å²) < 4.78 is 5.13. The molecule has 0 aromatic heterocycles. The number of nitrogens with zero attached hydrogens (tertiary/aromatic N) is 2. The Morgan fingerprint density at radius 1 is 1.05 bits per heavy atom. The lowest BCUT2D eigenvalue weighted by atomic mass is 10.2. The van der Waals surface area contributed by atoms with Crippen molar-refractivity contribution in [3.05, 3.63) is 77.7 Å². The number of allylic oxidation sites excluding steroid dienone is 1. The maximum absolute atomic E-state index is 12.0. The van der Waals surface area contributed by atoms with Gasteiger partial charge in [0, 0.05) is 0 Å². The Labute approximate surface area is 128 Å². The Morgan fingerprint density at radius 2 is 1.64 bits per heavy atom. The number of azo groups is 1. The van der Waals surface area contributed by atoms with Crippen LogP contribution >= 0.6 is 0 Å². The van der Waals surface area contributed by atoms with Crippen molar-refractivity contribution in [3.63, 3.8) is 0 Å². The first kappa shape index (κ1) is 15.4. The first-order valence-corrected chi connectivity index (χ1v) is 6.74. The number of rotatable bonds is 5. The molecular weight excluding hydrogens is 280 g/mol. The van der Waals surface area contributed by atoms with Crippen LogP contribution in [0.5, 0.6) is 0 Å². The van der Waals surface area contributed by atoms with E-state index in [0.717, 1.165) is 5.56 Å². The smallest absolute Gasteiger partial charge is 0.362 e. The van der Waals surface area contributed by atoms with Gasteiger partial charge in [0.15, 0.2) is 0 Å². The van der Waals surface area contributed by atoms with Crippen molar-refractivity contribution in [1.82, 2.24) is 0 Å². The highest BCUT2D eigenvalue weighted by atomic mass is 16.5. The van der Waals surface area contributed by atoms with Crippen LogP contribution in [0, 0.1) is 0 Å². The van der Waals surface area contributed by atoms with Gasteiger partial charge in [-0.25, -0.2) is 4.79 Å². The lowest BCUT2D eigenvalue weighted by molar-refractivity contribution is -0.140. The normalized spacial score (nSPS) is 12.0. The molecule has 0 saturated carbocycles. The van der Waals surface area contributed by atoms with Crippen molar-refractivity contribution >= 4 is 11.7 Å². The summed E-state index contributed by atoms with van der Waals surface area (Å²) in [6.07, 6.45) is 0. The fourth-order valence-electron chi connectivity index (χ4n) is 1.65. The minimum atomic E-state index is -0.719. The number of aliphatic hydroxyl groups excluding tert-OH is 1. The number of hydrogen-bond acceptors (Lipinski definition) is 5. The highest BCUT2D eigenvalue weighted by molar-refractivity contribution is 5.88. The SMILES string of the molecule is C/C(O)=C(/N=Nc1ccccc1)C(=O)OCc1ccccc1. The first-order valence-electron chi connectivity index (χ1n) is 6.74. The molecule has 5 heteroatoms. The monoisotopic (exact) mass is 296 g/mol. The van der Waals surface area contributed by atoms with Crippen molar-refractivity contribution < 1.29 is 14.6 Å². The zero-order valence-electron chi connectivity index (χ0n) is 12.1. The molecule has 0 heterocycles. The second-order valence-corrected chi connectivity index (χ2v) is 4.53. The van der Waals surface area contributed by atoms with Crippen LogP contribution in [0.1, 0.15) is 12.5 Å². The number of aliphatic hydroxyl groups is 1. The Bertz CT molecular complexity index is 676. The molecule has 0 bridgehead atoms. The van der Waals surface area contributed by atoms with Crippen molar-refractivity contribution in [1.29, 1.82) is 0 Å². The van der Waals surface area contributed by atoms with E-state index in [1.54, 1.807) is 24.3 Å². The van der Waals surface area contributed by atoms with E-state index in [-0.39, 0.29) is 18.1 Å². The minimum absolute atomic E-state index is 0.108. The molecule has 2 aromatic carbocycles. The number of ether oxygens (including phenoxy) is 1. The van der Waals surface area contributed by atoms with E-state index < -0.39 is 5.97 Å². The van der Waals surface area contributed by atoms with Gasteiger partial charge in [-0.1, -0.05) is 48.5 Å². The van der Waals surface area contributed by atoms with Gasteiger partial charge in [0.05, 0.1) is 5.69 Å². The van der Waals surface area contributed by atoms with E-state index in [1.165, 1.54) is 6.92 Å². The summed E-state index contributed by atoms with van der Waals surface area (Å²) in [6.45, 7) is 1.47. The van der Waals surface area contributed by atoms with Crippen LogP contribution in [0.2, 0.25) is 0 Å². The molecule has 0 spiro atoms. The van der Waals surface area contributed by atoms with E-state index in [0.29, 0.717) is 5.69 Å². The number of esters is 1. The standard InChI is InChI=1S/C17H16N2O3/c1-13(20)16(19-18-15-10-6-3-7-11-15)17(21)22-12-14-8-4-2-5-9-14/h2-11,20H,12H2,1H3/b16-13-,19-18?. The highest BCUT2D eigenvalue weighted by Gasteiger charge is 2.14. The fourth-order valence-corrected chi connectivity index (χ4v) is 1.65. The van der Waals surface area contributed by atoms with E-state index in [1.807, 2.05) is 36.4 Å². The summed E-state index contributed by atoms with van der Waals surface area (Å²) in [4.78, 5) is 12.0. The third-order valence-corrected chi connectivity index (χ3v) is 2.77. The molecule has 0 atom stereocenters. The van der Waals surface area contributed by atoms with Gasteiger partial charge in [0.2, 0.25) is 5.70 Å². The van der Waals surface area contributed by atoms with Gasteiger partial charge in [-0.15, -0.1) is 5.11 Å². The van der Waals surface area contributed by atoms with Crippen LogP contribution in [0.15, 0.2) is 82.3 Å². The van der Waals surface area contributed by atoms with Gasteiger partial charge >= 0.3 is 5.97 Å². The zero-order chi connectivity index (χ0) is 15.8. The average Bonchev–Trinajstić information content (AvgIpc) is 2.55. The van der Waals surface area contributed by atoms with Crippen LogP contribution in [-0.4, -0.2) is 11.1 Å². The zero-order valence-corrected chi connectivity index (χ0v) is 12.1. The lowest BCUT2D eigenvalue weighted by Crippen LogP contribution is -2.08. The van der Waals surface area contributed by atoms with Crippen molar-refractivity contribution in [2.75, 3.05) is 0 Å². The number of carbonyl (C=O) groups is 1. The van der Waals surface area contributed by atoms with E-state index >= 15 is 0 Å². The predicted octanol–water partition coefficient (Wildman–Crippen LogP) is 4.30. The van der Waals surface area contributed by atoms with Crippen LogP contribution in [0.4, 0.5) is 5.69 Å². The maximum atomic E-state index is 12.0. The largest absolute Gasteiger partial charge is 0.510 e. The molecule has 0 unspecified atom stereocenters. The van der Waals surface area contributed by atoms with Crippen LogP contribution < -0.4 is 0 Å². The van der Waals surface area contributed by atoms with Gasteiger partial charge in [0.1, 0.15) is 12.4 Å². The molecule has 22 heavy (non-hydrogen) atoms. The Balaban J connectivity index is 2.04. The molecule has 5 nitrogen and oxygen atoms in total. The summed E-state index contributed by atoms with van der Waals surface area (Å²) in [5, 5.41) is 17.3. The molecule has 0 amide bonds. The summed E-state index contributed by atoms with van der Waals surface area (Å²) in [6, 6.07) is 18.2. The van der Waals surface area contributed by atoms with Gasteiger partial charge in [-0.05, 0) is 24.6 Å². The third-order valence-electron chi connectivity index (χ3n) is 2.77. The summed E-state index contributed by atoms with van der Waals surface area (Å²) >= 11 is 0. The van der Waals surface area contributed by atoms with Crippen LogP contribution in [-0.2, 0) is 16.1 Å². The van der Waals surface area contributed by atoms with Crippen LogP contribution in [0.25, 0.3) is 0 Å².